The molecule has 0 bridgehead atoms. The Kier molecular flexibility index (Phi) is 6.35. The van der Waals surface area contributed by atoms with Gasteiger partial charge in [-0.1, -0.05) is 19.1 Å². The van der Waals surface area contributed by atoms with Crippen LogP contribution in [-0.2, 0) is 18.3 Å². The van der Waals surface area contributed by atoms with Crippen molar-refractivity contribution in [2.24, 2.45) is 18.7 Å². The van der Waals surface area contributed by atoms with Gasteiger partial charge >= 0.3 is 0 Å². The Morgan fingerprint density at radius 2 is 1.97 bits per heavy atom. The Bertz CT molecular complexity index is 1160. The molecule has 2 aromatic carbocycles. The van der Waals surface area contributed by atoms with Crippen molar-refractivity contribution in [2.45, 2.75) is 25.9 Å². The minimum atomic E-state index is -0.558. The lowest BCUT2D eigenvalue weighted by atomic mass is 9.95. The lowest BCUT2D eigenvalue weighted by Gasteiger charge is -2.37. The van der Waals surface area contributed by atoms with Gasteiger partial charge in [0.2, 0.25) is 5.91 Å². The summed E-state index contributed by atoms with van der Waals surface area (Å²) in [4.78, 5) is 31.0. The van der Waals surface area contributed by atoms with Crippen molar-refractivity contribution in [3.63, 3.8) is 0 Å². The molecule has 33 heavy (non-hydrogen) atoms. The smallest absolute Gasteiger partial charge is 0.252 e. The number of hydrogen-bond acceptors (Lipinski definition) is 5. The third kappa shape index (κ3) is 5.16. The summed E-state index contributed by atoms with van der Waals surface area (Å²) < 4.78 is 8.06. The van der Waals surface area contributed by atoms with E-state index in [9.17, 15) is 14.7 Å². The van der Waals surface area contributed by atoms with Crippen molar-refractivity contribution >= 4 is 11.8 Å². The van der Waals surface area contributed by atoms with E-state index in [1.54, 1.807) is 42.7 Å². The minimum absolute atomic E-state index is 0.0449. The zero-order valence-corrected chi connectivity index (χ0v) is 18.8. The Balaban J connectivity index is 1.42. The first kappa shape index (κ1) is 22.4. The number of piperidine rings is 1. The molecule has 2 unspecified atom stereocenters. The highest BCUT2D eigenvalue weighted by Crippen LogP contribution is 2.29. The van der Waals surface area contributed by atoms with E-state index in [0.29, 0.717) is 37.2 Å². The number of imidazole rings is 1. The number of aromatic nitrogens is 2. The molecule has 8 nitrogen and oxygen atoms in total. The van der Waals surface area contributed by atoms with Crippen LogP contribution >= 0.6 is 0 Å². The molecule has 1 aliphatic heterocycles. The summed E-state index contributed by atoms with van der Waals surface area (Å²) in [5.41, 5.74) is 8.36. The number of aryl methyl sites for hydroxylation is 1. The zero-order valence-electron chi connectivity index (χ0n) is 18.8. The van der Waals surface area contributed by atoms with Crippen LogP contribution in [0, 0.1) is 5.92 Å². The number of hydrogen-bond donors (Lipinski definition) is 2. The van der Waals surface area contributed by atoms with Crippen molar-refractivity contribution in [3.8, 4) is 22.8 Å². The van der Waals surface area contributed by atoms with E-state index in [4.69, 9.17) is 10.5 Å². The van der Waals surface area contributed by atoms with Gasteiger partial charge < -0.3 is 25.0 Å². The Morgan fingerprint density at radius 1 is 1.21 bits per heavy atom. The van der Waals surface area contributed by atoms with Crippen molar-refractivity contribution in [1.29, 1.82) is 0 Å². The Labute approximate surface area is 192 Å². The van der Waals surface area contributed by atoms with Gasteiger partial charge in [0.25, 0.3) is 5.91 Å². The topological polar surface area (TPSA) is 111 Å². The fourth-order valence-corrected chi connectivity index (χ4v) is 4.14. The van der Waals surface area contributed by atoms with Crippen LogP contribution in [0.4, 0.5) is 0 Å². The van der Waals surface area contributed by atoms with Gasteiger partial charge in [-0.25, -0.2) is 4.98 Å². The number of nitrogens with zero attached hydrogens (tertiary/aromatic N) is 3. The lowest BCUT2D eigenvalue weighted by Crippen LogP contribution is -2.47. The molecule has 8 heteroatoms. The fourth-order valence-electron chi connectivity index (χ4n) is 4.14. The van der Waals surface area contributed by atoms with Crippen molar-refractivity contribution in [2.75, 3.05) is 13.1 Å². The number of carbonyl (C=O) groups excluding carboxylic acids is 2. The molecule has 0 aliphatic carbocycles. The molecule has 2 atom stereocenters. The van der Waals surface area contributed by atoms with Crippen LogP contribution in [0.2, 0.25) is 0 Å². The first-order valence-corrected chi connectivity index (χ1v) is 10.9. The standard InChI is InChI=1S/C25H28N4O4/c1-16-13-29(24(31)11-17-3-6-19(30)7-4-17)10-9-22(16)33-23-8-5-18(12-20(23)25(26)32)21-14-28(2)15-27-21/h3-8,12,14-16,22,30H,9-11,13H2,1-2H3,(H2,26,32). The summed E-state index contributed by atoms with van der Waals surface area (Å²) in [7, 11) is 1.88. The number of likely N-dealkylation sites (tertiary alicyclic amines) is 1. The van der Waals surface area contributed by atoms with Crippen LogP contribution in [0.5, 0.6) is 11.5 Å². The third-order valence-electron chi connectivity index (χ3n) is 5.99. The first-order valence-electron chi connectivity index (χ1n) is 10.9. The molecule has 2 heterocycles. The number of nitrogens with two attached hydrogens (primary N) is 1. The second-order valence-electron chi connectivity index (χ2n) is 8.60. The normalized spacial score (nSPS) is 18.2. The largest absolute Gasteiger partial charge is 0.508 e. The van der Waals surface area contributed by atoms with Crippen molar-refractivity contribution in [3.05, 3.63) is 66.1 Å². The Morgan fingerprint density at radius 3 is 2.61 bits per heavy atom. The zero-order chi connectivity index (χ0) is 23.5. The molecule has 3 N–H and O–H groups in total. The Hall–Kier alpha value is -3.81. The summed E-state index contributed by atoms with van der Waals surface area (Å²) in [5, 5.41) is 9.41. The number of phenols is 1. The maximum absolute atomic E-state index is 12.7. The summed E-state index contributed by atoms with van der Waals surface area (Å²) in [6, 6.07) is 12.0. The molecule has 1 aromatic heterocycles. The van der Waals surface area contributed by atoms with Crippen LogP contribution in [-0.4, -0.2) is 50.6 Å². The van der Waals surface area contributed by atoms with Gasteiger partial charge in [0.05, 0.1) is 24.0 Å². The van der Waals surface area contributed by atoms with Crippen LogP contribution in [0.25, 0.3) is 11.3 Å². The van der Waals surface area contributed by atoms with E-state index < -0.39 is 5.91 Å². The van der Waals surface area contributed by atoms with Gasteiger partial charge in [-0.2, -0.15) is 0 Å². The predicted octanol–water partition coefficient (Wildman–Crippen LogP) is 2.75. The van der Waals surface area contributed by atoms with Crippen molar-refractivity contribution in [1.82, 2.24) is 14.5 Å². The number of phenolic OH excluding ortho intramolecular Hbond substituents is 1. The quantitative estimate of drug-likeness (QED) is 0.602. The van der Waals surface area contributed by atoms with Crippen LogP contribution in [0.1, 0.15) is 29.3 Å². The van der Waals surface area contributed by atoms with E-state index >= 15 is 0 Å². The molecule has 2 amide bonds. The first-order chi connectivity index (χ1) is 15.8. The number of carbonyl (C=O) groups is 2. The molecule has 1 aliphatic rings. The molecule has 1 fully saturated rings. The maximum Gasteiger partial charge on any atom is 0.252 e. The highest BCUT2D eigenvalue weighted by molar-refractivity contribution is 5.97. The average molecular weight is 449 g/mol. The number of rotatable bonds is 6. The fraction of sp³-hybridized carbons (Fsp3) is 0.320. The molecule has 1 saturated heterocycles. The highest BCUT2D eigenvalue weighted by atomic mass is 16.5. The summed E-state index contributed by atoms with van der Waals surface area (Å²) in [6.45, 7) is 3.18. The van der Waals surface area contributed by atoms with E-state index in [1.807, 2.05) is 35.7 Å². The highest BCUT2D eigenvalue weighted by Gasteiger charge is 2.31. The number of ether oxygens (including phenoxy) is 1. The number of amides is 2. The number of aromatic hydroxyl groups is 1. The molecule has 0 radical (unpaired) electrons. The molecule has 172 valence electrons. The van der Waals surface area contributed by atoms with Crippen molar-refractivity contribution < 1.29 is 19.4 Å². The summed E-state index contributed by atoms with van der Waals surface area (Å²) in [6.07, 6.45) is 4.37. The van der Waals surface area contributed by atoms with Gasteiger partial charge in [0.15, 0.2) is 0 Å². The minimum Gasteiger partial charge on any atom is -0.508 e. The predicted molar refractivity (Wildman–Crippen MR) is 124 cm³/mol. The molecular formula is C25H28N4O4. The van der Waals surface area contributed by atoms with Crippen LogP contribution in [0.3, 0.4) is 0 Å². The van der Waals surface area contributed by atoms with Gasteiger partial charge in [-0.05, 0) is 35.9 Å². The number of benzene rings is 2. The lowest BCUT2D eigenvalue weighted by molar-refractivity contribution is -0.133. The monoisotopic (exact) mass is 448 g/mol. The van der Waals surface area contributed by atoms with Gasteiger partial charge in [-0.15, -0.1) is 0 Å². The average Bonchev–Trinajstić information content (AvgIpc) is 3.23. The van der Waals surface area contributed by atoms with E-state index in [-0.39, 0.29) is 23.7 Å². The third-order valence-corrected chi connectivity index (χ3v) is 5.99. The van der Waals surface area contributed by atoms with Crippen LogP contribution in [0.15, 0.2) is 55.0 Å². The molecule has 0 spiro atoms. The molecule has 4 rings (SSSR count). The molecule has 0 saturated carbocycles. The second-order valence-corrected chi connectivity index (χ2v) is 8.60. The SMILES string of the molecule is CC1CN(C(=O)Cc2ccc(O)cc2)CCC1Oc1ccc(-c2cn(C)cn2)cc1C(N)=O. The van der Waals surface area contributed by atoms with Gasteiger partial charge in [-0.3, -0.25) is 9.59 Å². The number of primary amides is 1. The van der Waals surface area contributed by atoms with E-state index in [2.05, 4.69) is 4.98 Å². The summed E-state index contributed by atoms with van der Waals surface area (Å²) >= 11 is 0. The molecule has 3 aromatic rings. The molecular weight excluding hydrogens is 420 g/mol. The summed E-state index contributed by atoms with van der Waals surface area (Å²) in [5.74, 6) is 0.197. The van der Waals surface area contributed by atoms with E-state index in [0.717, 1.165) is 16.8 Å². The van der Waals surface area contributed by atoms with E-state index in [1.165, 1.54) is 0 Å². The van der Waals surface area contributed by atoms with Gasteiger partial charge in [0.1, 0.15) is 17.6 Å². The maximum atomic E-state index is 12.7. The van der Waals surface area contributed by atoms with Crippen LogP contribution < -0.4 is 10.5 Å². The van der Waals surface area contributed by atoms with Gasteiger partial charge in [0, 0.05) is 44.2 Å². The second kappa shape index (κ2) is 9.36.